The maximum Gasteiger partial charge on any atom is 0.150 e. The molecule has 2 aromatic carbocycles. The number of aromatic amines is 1. The number of aromatic nitrogens is 2. The maximum absolute atomic E-state index is 14.3. The average molecular weight is 338 g/mol. The number of nitrogens with one attached hydrogen (secondary N) is 2. The summed E-state index contributed by atoms with van der Waals surface area (Å²) in [4.78, 5) is 12.8. The average Bonchev–Trinajstić information content (AvgIpc) is 3.09. The molecular weight excluding hydrogens is 319 g/mol. The minimum absolute atomic E-state index is 0.239. The van der Waals surface area contributed by atoms with Gasteiger partial charge in [0, 0.05) is 35.8 Å². The van der Waals surface area contributed by atoms with Crippen LogP contribution in [0.2, 0.25) is 0 Å². The second-order valence-corrected chi connectivity index (χ2v) is 6.43. The van der Waals surface area contributed by atoms with E-state index in [0.29, 0.717) is 17.5 Å². The van der Waals surface area contributed by atoms with Crippen LogP contribution >= 0.6 is 0 Å². The minimum atomic E-state index is -0.343. The van der Waals surface area contributed by atoms with Crippen LogP contribution in [0.25, 0.3) is 10.9 Å². The van der Waals surface area contributed by atoms with E-state index in [9.17, 15) is 9.18 Å². The summed E-state index contributed by atoms with van der Waals surface area (Å²) in [5, 5.41) is 11.6. The van der Waals surface area contributed by atoms with Gasteiger partial charge in [0.05, 0.1) is 17.4 Å². The second-order valence-electron chi connectivity index (χ2n) is 6.43. The zero-order valence-electron chi connectivity index (χ0n) is 13.7. The van der Waals surface area contributed by atoms with E-state index in [1.54, 1.807) is 18.3 Å². The van der Waals surface area contributed by atoms with E-state index in [1.807, 2.05) is 17.0 Å². The molecule has 1 atom stereocenters. The van der Waals surface area contributed by atoms with Crippen LogP contribution in [0.15, 0.2) is 42.6 Å². The highest BCUT2D eigenvalue weighted by Gasteiger charge is 2.22. The van der Waals surface area contributed by atoms with Gasteiger partial charge in [-0.25, -0.2) is 4.39 Å². The van der Waals surface area contributed by atoms with Crippen molar-refractivity contribution in [2.75, 3.05) is 23.3 Å². The number of hydrogen-bond acceptors (Lipinski definition) is 4. The molecule has 6 heteroatoms. The fraction of sp³-hybridized carbons (Fsp3) is 0.263. The zero-order valence-corrected chi connectivity index (χ0v) is 13.7. The Morgan fingerprint density at radius 3 is 3.04 bits per heavy atom. The van der Waals surface area contributed by atoms with Gasteiger partial charge in [-0.1, -0.05) is 0 Å². The number of nitrogens with zero attached hydrogens (tertiary/aromatic N) is 2. The predicted octanol–water partition coefficient (Wildman–Crippen LogP) is 3.60. The highest BCUT2D eigenvalue weighted by Crippen LogP contribution is 2.26. The lowest BCUT2D eigenvalue weighted by molar-refractivity contribution is 0.112. The minimum Gasteiger partial charge on any atom is -0.381 e. The third-order valence-electron chi connectivity index (χ3n) is 4.68. The molecule has 5 nitrogen and oxygen atoms in total. The van der Waals surface area contributed by atoms with Crippen molar-refractivity contribution in [2.24, 2.45) is 0 Å². The standard InChI is InChI=1S/C19H19FN4O/c20-17-8-13(12-25)3-6-19(17)24-7-1-2-16(11-24)22-15-4-5-18-14(9-15)10-21-23-18/h3-6,8-10,12,16,22H,1-2,7,11H2,(H,21,23). The molecule has 1 aromatic heterocycles. The molecule has 1 fully saturated rings. The van der Waals surface area contributed by atoms with Gasteiger partial charge in [0.15, 0.2) is 0 Å². The third kappa shape index (κ3) is 3.20. The van der Waals surface area contributed by atoms with Crippen molar-refractivity contribution in [1.29, 1.82) is 0 Å². The number of hydrogen-bond donors (Lipinski definition) is 2. The number of piperidine rings is 1. The van der Waals surface area contributed by atoms with Gasteiger partial charge in [-0.15, -0.1) is 0 Å². The molecule has 128 valence electrons. The summed E-state index contributed by atoms with van der Waals surface area (Å²) in [5.74, 6) is -0.343. The number of H-pyrrole nitrogens is 1. The van der Waals surface area contributed by atoms with Gasteiger partial charge in [0.25, 0.3) is 0 Å². The lowest BCUT2D eigenvalue weighted by Crippen LogP contribution is -2.42. The Bertz CT molecular complexity index is 907. The zero-order chi connectivity index (χ0) is 17.2. The van der Waals surface area contributed by atoms with Crippen LogP contribution in [0.3, 0.4) is 0 Å². The Morgan fingerprint density at radius 1 is 1.28 bits per heavy atom. The van der Waals surface area contributed by atoms with Crippen molar-refractivity contribution >= 4 is 28.6 Å². The molecule has 0 saturated carbocycles. The van der Waals surface area contributed by atoms with E-state index in [4.69, 9.17) is 0 Å². The number of fused-ring (bicyclic) bond motifs is 1. The molecule has 25 heavy (non-hydrogen) atoms. The fourth-order valence-electron chi connectivity index (χ4n) is 3.43. The van der Waals surface area contributed by atoms with Gasteiger partial charge < -0.3 is 10.2 Å². The first-order valence-electron chi connectivity index (χ1n) is 8.42. The summed E-state index contributed by atoms with van der Waals surface area (Å²) < 4.78 is 14.3. The van der Waals surface area contributed by atoms with Crippen molar-refractivity contribution < 1.29 is 9.18 Å². The molecule has 1 saturated heterocycles. The van der Waals surface area contributed by atoms with Gasteiger partial charge in [0.2, 0.25) is 0 Å². The largest absolute Gasteiger partial charge is 0.381 e. The van der Waals surface area contributed by atoms with Crippen molar-refractivity contribution in [3.05, 3.63) is 54.0 Å². The van der Waals surface area contributed by atoms with Crippen LogP contribution in [0.1, 0.15) is 23.2 Å². The highest BCUT2D eigenvalue weighted by atomic mass is 19.1. The van der Waals surface area contributed by atoms with E-state index in [2.05, 4.69) is 21.6 Å². The van der Waals surface area contributed by atoms with Crippen LogP contribution in [0, 0.1) is 5.82 Å². The number of benzene rings is 2. The smallest absolute Gasteiger partial charge is 0.150 e. The van der Waals surface area contributed by atoms with Crippen LogP contribution in [-0.2, 0) is 0 Å². The van der Waals surface area contributed by atoms with Crippen LogP contribution in [-0.4, -0.2) is 35.6 Å². The summed E-state index contributed by atoms with van der Waals surface area (Å²) in [6, 6.07) is 11.0. The summed E-state index contributed by atoms with van der Waals surface area (Å²) in [6.45, 7) is 1.54. The fourth-order valence-corrected chi connectivity index (χ4v) is 3.43. The van der Waals surface area contributed by atoms with E-state index in [1.165, 1.54) is 6.07 Å². The van der Waals surface area contributed by atoms with Gasteiger partial charge in [0.1, 0.15) is 12.1 Å². The molecule has 0 radical (unpaired) electrons. The van der Waals surface area contributed by atoms with Crippen molar-refractivity contribution in [3.8, 4) is 0 Å². The Kier molecular flexibility index (Phi) is 4.09. The summed E-state index contributed by atoms with van der Waals surface area (Å²) in [5.41, 5.74) is 2.97. The quantitative estimate of drug-likeness (QED) is 0.714. The Hall–Kier alpha value is -2.89. The molecule has 1 aliphatic heterocycles. The van der Waals surface area contributed by atoms with Gasteiger partial charge >= 0.3 is 0 Å². The number of aldehydes is 1. The molecule has 2 N–H and O–H groups in total. The molecule has 0 bridgehead atoms. The van der Waals surface area contributed by atoms with E-state index in [-0.39, 0.29) is 11.9 Å². The summed E-state index contributed by atoms with van der Waals surface area (Å²) >= 11 is 0. The number of carbonyl (C=O) groups is 1. The normalized spacial score (nSPS) is 17.6. The molecular formula is C19H19FN4O. The van der Waals surface area contributed by atoms with Gasteiger partial charge in [-0.05, 0) is 49.2 Å². The van der Waals surface area contributed by atoms with E-state index >= 15 is 0 Å². The van der Waals surface area contributed by atoms with Crippen molar-refractivity contribution in [1.82, 2.24) is 10.2 Å². The SMILES string of the molecule is O=Cc1ccc(N2CCCC(Nc3ccc4[nH]ncc4c3)C2)c(F)c1. The molecule has 0 spiro atoms. The van der Waals surface area contributed by atoms with Crippen molar-refractivity contribution in [2.45, 2.75) is 18.9 Å². The van der Waals surface area contributed by atoms with Crippen LogP contribution < -0.4 is 10.2 Å². The lowest BCUT2D eigenvalue weighted by Gasteiger charge is -2.35. The van der Waals surface area contributed by atoms with Crippen LogP contribution in [0.4, 0.5) is 15.8 Å². The Balaban J connectivity index is 1.49. The van der Waals surface area contributed by atoms with Crippen LogP contribution in [0.5, 0.6) is 0 Å². The third-order valence-corrected chi connectivity index (χ3v) is 4.68. The van der Waals surface area contributed by atoms with E-state index in [0.717, 1.165) is 42.5 Å². The number of halogens is 1. The molecule has 4 rings (SSSR count). The number of rotatable bonds is 4. The highest BCUT2D eigenvalue weighted by molar-refractivity contribution is 5.81. The second kappa shape index (κ2) is 6.55. The van der Waals surface area contributed by atoms with Gasteiger partial charge in [-0.2, -0.15) is 5.10 Å². The summed E-state index contributed by atoms with van der Waals surface area (Å²) in [7, 11) is 0. The molecule has 0 amide bonds. The number of carbonyl (C=O) groups excluding carboxylic acids is 1. The molecule has 0 aliphatic carbocycles. The monoisotopic (exact) mass is 338 g/mol. The summed E-state index contributed by atoms with van der Waals surface area (Å²) in [6.07, 6.45) is 4.49. The van der Waals surface area contributed by atoms with Gasteiger partial charge in [-0.3, -0.25) is 9.89 Å². The predicted molar refractivity (Wildman–Crippen MR) is 96.7 cm³/mol. The molecule has 1 unspecified atom stereocenters. The molecule has 3 aromatic rings. The first-order chi connectivity index (χ1) is 12.2. The maximum atomic E-state index is 14.3. The lowest BCUT2D eigenvalue weighted by atomic mass is 10.0. The number of anilines is 2. The topological polar surface area (TPSA) is 61.0 Å². The Labute approximate surface area is 144 Å². The van der Waals surface area contributed by atoms with Crippen molar-refractivity contribution in [3.63, 3.8) is 0 Å². The van der Waals surface area contributed by atoms with E-state index < -0.39 is 0 Å². The first-order valence-corrected chi connectivity index (χ1v) is 8.42. The molecule has 2 heterocycles. The first kappa shape index (κ1) is 15.6. The molecule has 1 aliphatic rings. The Morgan fingerprint density at radius 2 is 2.20 bits per heavy atom.